The first-order valence-corrected chi connectivity index (χ1v) is 8.63. The molecule has 0 unspecified atom stereocenters. The van der Waals surface area contributed by atoms with Gasteiger partial charge in [-0.25, -0.2) is 4.79 Å². The van der Waals surface area contributed by atoms with Gasteiger partial charge in [0.2, 0.25) is 0 Å². The lowest BCUT2D eigenvalue weighted by molar-refractivity contribution is 0.137. The van der Waals surface area contributed by atoms with Crippen molar-refractivity contribution in [3.05, 3.63) is 48.3 Å². The summed E-state index contributed by atoms with van der Waals surface area (Å²) in [5.41, 5.74) is 0.958. The molecule has 1 amide bonds. The number of benzene rings is 1. The van der Waals surface area contributed by atoms with Gasteiger partial charge in [-0.1, -0.05) is 30.3 Å². The fourth-order valence-electron chi connectivity index (χ4n) is 2.76. The summed E-state index contributed by atoms with van der Waals surface area (Å²) in [6, 6.07) is 10.0. The minimum Gasteiger partial charge on any atom is -0.488 e. The smallest absolute Gasteiger partial charge is 0.407 e. The van der Waals surface area contributed by atoms with E-state index in [9.17, 15) is 4.79 Å². The summed E-state index contributed by atoms with van der Waals surface area (Å²) in [5, 5.41) is 10.4. The number of hydrogen-bond acceptors (Lipinski definition) is 5. The second-order valence-electron chi connectivity index (χ2n) is 5.97. The normalized spacial score (nSPS) is 14.3. The molecule has 2 N–H and O–H groups in total. The molecule has 8 heteroatoms. The van der Waals surface area contributed by atoms with E-state index in [-0.39, 0.29) is 19.0 Å². The number of nitrogens with one attached hydrogen (secondary N) is 2. The molecular weight excluding hydrogens is 356 g/mol. The zero-order valence-electron chi connectivity index (χ0n) is 14.6. The molecule has 2 aromatic rings. The van der Waals surface area contributed by atoms with E-state index in [4.69, 9.17) is 9.47 Å². The number of piperidine rings is 1. The largest absolute Gasteiger partial charge is 0.488 e. The molecular formula is C18H25ClN4O3. The van der Waals surface area contributed by atoms with E-state index in [2.05, 4.69) is 15.7 Å². The molecule has 0 saturated carbocycles. The Morgan fingerprint density at radius 3 is 2.81 bits per heavy atom. The first-order chi connectivity index (χ1) is 12.3. The monoisotopic (exact) mass is 380 g/mol. The molecule has 0 spiro atoms. The van der Waals surface area contributed by atoms with Gasteiger partial charge < -0.3 is 20.1 Å². The maximum Gasteiger partial charge on any atom is 0.407 e. The van der Waals surface area contributed by atoms with Crippen LogP contribution in [0.1, 0.15) is 24.4 Å². The number of rotatable bonds is 7. The lowest BCUT2D eigenvalue weighted by atomic mass is 10.1. The lowest BCUT2D eigenvalue weighted by Crippen LogP contribution is -2.29. The van der Waals surface area contributed by atoms with Crippen LogP contribution >= 0.6 is 12.4 Å². The Balaban J connectivity index is 0.00000243. The third kappa shape index (κ3) is 6.24. The van der Waals surface area contributed by atoms with Crippen LogP contribution in [-0.2, 0) is 11.3 Å². The van der Waals surface area contributed by atoms with Crippen LogP contribution in [-0.4, -0.2) is 42.1 Å². The molecule has 0 bridgehead atoms. The number of nitrogens with zero attached hydrogens (tertiary/aromatic N) is 2. The number of halogens is 1. The van der Waals surface area contributed by atoms with Crippen LogP contribution in [0.3, 0.4) is 0 Å². The molecule has 0 aliphatic carbocycles. The van der Waals surface area contributed by atoms with Crippen molar-refractivity contribution in [2.24, 2.45) is 0 Å². The van der Waals surface area contributed by atoms with Crippen molar-refractivity contribution < 1.29 is 14.3 Å². The molecule has 0 atom stereocenters. The fraction of sp³-hybridized carbons (Fsp3) is 0.444. The Kier molecular flexibility index (Phi) is 8.24. The highest BCUT2D eigenvalue weighted by Gasteiger charge is 2.15. The molecule has 1 aromatic heterocycles. The van der Waals surface area contributed by atoms with E-state index in [0.717, 1.165) is 37.2 Å². The van der Waals surface area contributed by atoms with Gasteiger partial charge in [-0.05, 0) is 31.5 Å². The van der Waals surface area contributed by atoms with Gasteiger partial charge in [-0.2, -0.15) is 5.10 Å². The van der Waals surface area contributed by atoms with E-state index >= 15 is 0 Å². The van der Waals surface area contributed by atoms with Gasteiger partial charge in [-0.3, -0.25) is 4.68 Å². The van der Waals surface area contributed by atoms with Crippen molar-refractivity contribution in [2.75, 3.05) is 26.2 Å². The molecule has 142 valence electrons. The van der Waals surface area contributed by atoms with Crippen LogP contribution in [0.5, 0.6) is 5.75 Å². The maximum absolute atomic E-state index is 11.6. The number of carbonyl (C=O) groups excluding carboxylic acids is 1. The summed E-state index contributed by atoms with van der Waals surface area (Å²) in [4.78, 5) is 11.6. The highest BCUT2D eigenvalue weighted by molar-refractivity contribution is 5.85. The van der Waals surface area contributed by atoms with Gasteiger partial charge in [-0.15, -0.1) is 12.4 Å². The summed E-state index contributed by atoms with van der Waals surface area (Å²) in [6.07, 6.45) is 5.35. The van der Waals surface area contributed by atoms with Crippen LogP contribution < -0.4 is 15.4 Å². The van der Waals surface area contributed by atoms with E-state index in [0.29, 0.717) is 19.2 Å². The summed E-state index contributed by atoms with van der Waals surface area (Å²) in [6.45, 7) is 3.06. The first kappa shape index (κ1) is 20.1. The van der Waals surface area contributed by atoms with E-state index in [1.165, 1.54) is 0 Å². The van der Waals surface area contributed by atoms with Crippen molar-refractivity contribution in [1.82, 2.24) is 20.4 Å². The zero-order valence-corrected chi connectivity index (χ0v) is 15.4. The Labute approximate surface area is 159 Å². The summed E-state index contributed by atoms with van der Waals surface area (Å²) >= 11 is 0. The van der Waals surface area contributed by atoms with Gasteiger partial charge in [0.15, 0.2) is 5.75 Å². The maximum atomic E-state index is 11.6. The van der Waals surface area contributed by atoms with Crippen LogP contribution in [0.15, 0.2) is 42.7 Å². The minimum absolute atomic E-state index is 0. The Morgan fingerprint density at radius 2 is 2.04 bits per heavy atom. The third-order valence-electron chi connectivity index (χ3n) is 4.11. The van der Waals surface area contributed by atoms with Gasteiger partial charge in [0.05, 0.1) is 25.0 Å². The summed E-state index contributed by atoms with van der Waals surface area (Å²) < 4.78 is 12.7. The van der Waals surface area contributed by atoms with E-state index in [1.54, 1.807) is 6.20 Å². The number of hydrogen-bond donors (Lipinski definition) is 2. The van der Waals surface area contributed by atoms with Gasteiger partial charge in [0, 0.05) is 0 Å². The van der Waals surface area contributed by atoms with Crippen LogP contribution in [0.2, 0.25) is 0 Å². The predicted molar refractivity (Wildman–Crippen MR) is 101 cm³/mol. The van der Waals surface area contributed by atoms with Crippen molar-refractivity contribution in [1.29, 1.82) is 0 Å². The van der Waals surface area contributed by atoms with Gasteiger partial charge in [0.25, 0.3) is 0 Å². The number of aromatic nitrogens is 2. The van der Waals surface area contributed by atoms with Crippen LogP contribution in [0.4, 0.5) is 4.79 Å². The van der Waals surface area contributed by atoms with Crippen molar-refractivity contribution in [2.45, 2.75) is 25.5 Å². The molecule has 1 fully saturated rings. The first-order valence-electron chi connectivity index (χ1n) is 8.63. The molecule has 1 aliphatic heterocycles. The molecule has 1 aromatic carbocycles. The molecule has 7 nitrogen and oxygen atoms in total. The highest BCUT2D eigenvalue weighted by atomic mass is 35.5. The molecule has 0 radical (unpaired) electrons. The van der Waals surface area contributed by atoms with E-state index < -0.39 is 6.09 Å². The van der Waals surface area contributed by atoms with Crippen LogP contribution in [0.25, 0.3) is 0 Å². The van der Waals surface area contributed by atoms with E-state index in [1.807, 2.05) is 41.2 Å². The Bertz CT molecular complexity index is 659. The second-order valence-corrected chi connectivity index (χ2v) is 5.97. The molecule has 2 heterocycles. The number of amides is 1. The van der Waals surface area contributed by atoms with Crippen molar-refractivity contribution >= 4 is 18.5 Å². The van der Waals surface area contributed by atoms with Crippen molar-refractivity contribution in [3.8, 4) is 5.75 Å². The second kappa shape index (κ2) is 10.7. The SMILES string of the molecule is Cl.O=C(NCCOc1cnn(C2CCNCC2)c1)OCc1ccccc1. The van der Waals surface area contributed by atoms with Gasteiger partial charge in [0.1, 0.15) is 13.2 Å². The number of alkyl carbamates (subject to hydrolysis) is 1. The molecule has 26 heavy (non-hydrogen) atoms. The predicted octanol–water partition coefficient (Wildman–Crippen LogP) is 2.53. The number of ether oxygens (including phenoxy) is 2. The third-order valence-corrected chi connectivity index (χ3v) is 4.11. The molecule has 3 rings (SSSR count). The highest BCUT2D eigenvalue weighted by Crippen LogP contribution is 2.20. The Morgan fingerprint density at radius 1 is 1.27 bits per heavy atom. The minimum atomic E-state index is -0.446. The van der Waals surface area contributed by atoms with Crippen LogP contribution in [0, 0.1) is 0 Å². The molecule has 1 saturated heterocycles. The topological polar surface area (TPSA) is 77.4 Å². The molecule has 1 aliphatic rings. The van der Waals surface area contributed by atoms with Crippen molar-refractivity contribution in [3.63, 3.8) is 0 Å². The summed E-state index contributed by atoms with van der Waals surface area (Å²) in [5.74, 6) is 0.720. The average molecular weight is 381 g/mol. The average Bonchev–Trinajstić information content (AvgIpc) is 3.14. The fourth-order valence-corrected chi connectivity index (χ4v) is 2.76. The number of carbonyl (C=O) groups is 1. The lowest BCUT2D eigenvalue weighted by Gasteiger charge is -2.22. The standard InChI is InChI=1S/C18H24N4O3.ClH/c23-18(25-14-15-4-2-1-3-5-15)20-10-11-24-17-12-21-22(13-17)16-6-8-19-9-7-16;/h1-5,12-13,16,19H,6-11,14H2,(H,20,23);1H. The zero-order chi connectivity index (χ0) is 17.3. The van der Waals surface area contributed by atoms with Gasteiger partial charge >= 0.3 is 6.09 Å². The summed E-state index contributed by atoms with van der Waals surface area (Å²) in [7, 11) is 0. The Hall–Kier alpha value is -2.25. The quantitative estimate of drug-likeness (QED) is 0.722.